The Balaban J connectivity index is 2.37. The van der Waals surface area contributed by atoms with Gasteiger partial charge in [-0.15, -0.1) is 0 Å². The average Bonchev–Trinajstić information content (AvgIpc) is 2.51. The second-order valence-corrected chi connectivity index (χ2v) is 10.7. The molecule has 0 radical (unpaired) electrons. The van der Waals surface area contributed by atoms with E-state index in [9.17, 15) is 0 Å². The first kappa shape index (κ1) is 19.1. The minimum absolute atomic E-state index is 0.137. The molecule has 0 aromatic carbocycles. The van der Waals surface area contributed by atoms with Gasteiger partial charge in [0, 0.05) is 18.3 Å². The van der Waals surface area contributed by atoms with Gasteiger partial charge in [0.25, 0.3) is 0 Å². The fourth-order valence-corrected chi connectivity index (χ4v) is 6.17. The second-order valence-electron chi connectivity index (χ2n) is 7.11. The van der Waals surface area contributed by atoms with Crippen molar-refractivity contribution in [3.63, 3.8) is 0 Å². The summed E-state index contributed by atoms with van der Waals surface area (Å²) in [6, 6.07) is 0.419. The molecular formula is C19H33N2PS. The molecule has 2 aliphatic rings. The molecule has 1 saturated heterocycles. The van der Waals surface area contributed by atoms with Crippen LogP contribution in [-0.2, 0) is 0 Å². The number of allylic oxidation sites excluding steroid dienone is 3. The van der Waals surface area contributed by atoms with Crippen LogP contribution in [0.4, 0.5) is 0 Å². The van der Waals surface area contributed by atoms with Gasteiger partial charge in [0.1, 0.15) is 0 Å². The van der Waals surface area contributed by atoms with E-state index in [1.165, 1.54) is 29.4 Å². The van der Waals surface area contributed by atoms with Crippen molar-refractivity contribution in [3.05, 3.63) is 35.3 Å². The molecule has 0 aliphatic carbocycles. The molecule has 2 nitrogen and oxygen atoms in total. The number of likely N-dealkylation sites (N-methyl/N-ethyl adjacent to an activating group) is 1. The average molecular weight is 353 g/mol. The lowest BCUT2D eigenvalue weighted by molar-refractivity contribution is 0.407. The number of piperidine rings is 1. The molecule has 0 bridgehead atoms. The Morgan fingerprint density at radius 2 is 2.17 bits per heavy atom. The van der Waals surface area contributed by atoms with Crippen LogP contribution in [0.25, 0.3) is 0 Å². The highest BCUT2D eigenvalue weighted by atomic mass is 32.1. The number of hydrogen-bond acceptors (Lipinski definition) is 3. The first-order valence-electron chi connectivity index (χ1n) is 8.94. The van der Waals surface area contributed by atoms with E-state index in [0.717, 1.165) is 31.5 Å². The van der Waals surface area contributed by atoms with Gasteiger partial charge < -0.3 is 5.32 Å². The third-order valence-corrected chi connectivity index (χ3v) is 8.25. The van der Waals surface area contributed by atoms with Crippen molar-refractivity contribution < 1.29 is 0 Å². The predicted molar refractivity (Wildman–Crippen MR) is 108 cm³/mol. The quantitative estimate of drug-likeness (QED) is 0.539. The highest BCUT2D eigenvalue weighted by Crippen LogP contribution is 2.52. The smallest absolute Gasteiger partial charge is 0.0480 e. The summed E-state index contributed by atoms with van der Waals surface area (Å²) in [5.41, 5.74) is 3.51. The Hall–Kier alpha value is -0.240. The van der Waals surface area contributed by atoms with E-state index in [1.54, 1.807) is 0 Å². The molecule has 2 heterocycles. The van der Waals surface area contributed by atoms with Gasteiger partial charge in [-0.05, 0) is 49.6 Å². The van der Waals surface area contributed by atoms with Gasteiger partial charge in [-0.1, -0.05) is 72.0 Å². The van der Waals surface area contributed by atoms with E-state index in [0.29, 0.717) is 11.7 Å². The highest BCUT2D eigenvalue weighted by Gasteiger charge is 2.27. The molecule has 130 valence electrons. The molecule has 0 aromatic heterocycles. The molecule has 1 fully saturated rings. The maximum Gasteiger partial charge on any atom is 0.0480 e. The lowest BCUT2D eigenvalue weighted by Crippen LogP contribution is -2.38. The maximum absolute atomic E-state index is 4.61. The largest absolute Gasteiger partial charge is 0.385 e. The summed E-state index contributed by atoms with van der Waals surface area (Å²) in [5.74, 6) is 0.731. The third-order valence-electron chi connectivity index (χ3n) is 5.15. The summed E-state index contributed by atoms with van der Waals surface area (Å²) >= 11 is 4.61. The fourth-order valence-electron chi connectivity index (χ4n) is 3.64. The van der Waals surface area contributed by atoms with E-state index >= 15 is 0 Å². The Labute approximate surface area is 149 Å². The van der Waals surface area contributed by atoms with Crippen molar-refractivity contribution in [2.24, 2.45) is 5.92 Å². The van der Waals surface area contributed by atoms with Crippen LogP contribution in [0.2, 0.25) is 0 Å². The van der Waals surface area contributed by atoms with Crippen LogP contribution in [0.1, 0.15) is 46.5 Å². The summed E-state index contributed by atoms with van der Waals surface area (Å²) in [6.07, 6.45) is 10.8. The number of fused-ring (bicyclic) bond motifs is 1. The number of nitrogens with zero attached hydrogens (tertiary/aromatic N) is 1. The van der Waals surface area contributed by atoms with Crippen LogP contribution < -0.4 is 5.32 Å². The predicted octanol–water partition coefficient (Wildman–Crippen LogP) is 5.16. The molecular weight excluding hydrogens is 319 g/mol. The first-order valence-corrected chi connectivity index (χ1v) is 10.9. The van der Waals surface area contributed by atoms with Gasteiger partial charge in [-0.3, -0.25) is 0 Å². The minimum Gasteiger partial charge on any atom is -0.385 e. The second kappa shape index (κ2) is 8.74. The summed E-state index contributed by atoms with van der Waals surface area (Å²) in [6.45, 7) is 12.6. The SMILES string of the molecule is C=C1CC(CC)C/C=C2\NCCC(N(C)S)\C2=C\CP1C(C)C. The Kier molecular flexibility index (Phi) is 7.25. The molecule has 4 heteroatoms. The normalized spacial score (nSPS) is 34.2. The van der Waals surface area contributed by atoms with Crippen molar-refractivity contribution in [2.45, 2.75) is 58.2 Å². The molecule has 2 rings (SSSR count). The summed E-state index contributed by atoms with van der Waals surface area (Å²) in [5, 5.41) is 5.15. The minimum atomic E-state index is -0.137. The molecule has 0 saturated carbocycles. The van der Waals surface area contributed by atoms with Crippen molar-refractivity contribution >= 4 is 20.7 Å². The molecule has 1 N–H and O–H groups in total. The standard InChI is InChI=1S/C19H33N2PS/c1-6-16-7-8-18-17(19(21(5)23)9-11-20-18)10-12-22(14(2)3)15(4)13-16/h8,10,14,16,19-20,23H,4,6-7,9,11-13H2,1-3,5H3/b17-10+,18-8-. The van der Waals surface area contributed by atoms with Crippen LogP contribution in [-0.4, -0.2) is 35.8 Å². The van der Waals surface area contributed by atoms with Crippen LogP contribution >= 0.6 is 20.7 Å². The Bertz CT molecular complexity index is 482. The van der Waals surface area contributed by atoms with Gasteiger partial charge >= 0.3 is 0 Å². The van der Waals surface area contributed by atoms with Gasteiger partial charge in [0.2, 0.25) is 0 Å². The van der Waals surface area contributed by atoms with E-state index in [2.05, 4.69) is 69.0 Å². The molecule has 3 unspecified atom stereocenters. The van der Waals surface area contributed by atoms with Gasteiger partial charge in [-0.2, -0.15) is 0 Å². The van der Waals surface area contributed by atoms with E-state index < -0.39 is 0 Å². The lowest BCUT2D eigenvalue weighted by Gasteiger charge is -2.35. The summed E-state index contributed by atoms with van der Waals surface area (Å²) in [7, 11) is 1.94. The Morgan fingerprint density at radius 3 is 2.78 bits per heavy atom. The van der Waals surface area contributed by atoms with Crippen LogP contribution in [0, 0.1) is 5.92 Å². The van der Waals surface area contributed by atoms with Crippen molar-refractivity contribution in [2.75, 3.05) is 19.8 Å². The number of rotatable bonds is 3. The summed E-state index contributed by atoms with van der Waals surface area (Å²) in [4.78, 5) is 0. The van der Waals surface area contributed by atoms with E-state index in [-0.39, 0.29) is 7.92 Å². The van der Waals surface area contributed by atoms with Gasteiger partial charge in [0.05, 0.1) is 0 Å². The third kappa shape index (κ3) is 4.87. The van der Waals surface area contributed by atoms with Crippen LogP contribution in [0.5, 0.6) is 0 Å². The van der Waals surface area contributed by atoms with Crippen molar-refractivity contribution in [1.82, 2.24) is 9.62 Å². The van der Waals surface area contributed by atoms with Gasteiger partial charge in [-0.25, -0.2) is 4.31 Å². The Morgan fingerprint density at radius 1 is 1.43 bits per heavy atom. The topological polar surface area (TPSA) is 15.3 Å². The lowest BCUT2D eigenvalue weighted by atomic mass is 9.92. The van der Waals surface area contributed by atoms with Crippen molar-refractivity contribution in [3.8, 4) is 0 Å². The summed E-state index contributed by atoms with van der Waals surface area (Å²) < 4.78 is 2.08. The first-order chi connectivity index (χ1) is 10.9. The zero-order valence-corrected chi connectivity index (χ0v) is 17.0. The van der Waals surface area contributed by atoms with Crippen LogP contribution in [0.15, 0.2) is 35.3 Å². The van der Waals surface area contributed by atoms with Crippen LogP contribution in [0.3, 0.4) is 0 Å². The molecule has 0 spiro atoms. The maximum atomic E-state index is 4.61. The number of hydrogen-bond donors (Lipinski definition) is 2. The molecule has 2 aliphatic heterocycles. The molecule has 0 amide bonds. The van der Waals surface area contributed by atoms with Gasteiger partial charge in [0.15, 0.2) is 0 Å². The fraction of sp³-hybridized carbons (Fsp3) is 0.684. The van der Waals surface area contributed by atoms with Crippen molar-refractivity contribution in [1.29, 1.82) is 0 Å². The van der Waals surface area contributed by atoms with E-state index in [1.807, 2.05) is 0 Å². The molecule has 0 aromatic rings. The molecule has 23 heavy (non-hydrogen) atoms. The highest BCUT2D eigenvalue weighted by molar-refractivity contribution is 7.77. The monoisotopic (exact) mass is 352 g/mol. The number of thiol groups is 1. The number of nitrogens with one attached hydrogen (secondary N) is 1. The zero-order valence-electron chi connectivity index (χ0n) is 15.2. The zero-order chi connectivity index (χ0) is 17.0. The molecule has 3 atom stereocenters. The van der Waals surface area contributed by atoms with E-state index in [4.69, 9.17) is 0 Å².